The molecule has 1 heterocycles. The van der Waals surface area contributed by atoms with Gasteiger partial charge in [0.25, 0.3) is 5.91 Å². The predicted molar refractivity (Wildman–Crippen MR) is 168 cm³/mol. The van der Waals surface area contributed by atoms with Crippen molar-refractivity contribution < 1.29 is 32.9 Å². The van der Waals surface area contributed by atoms with Crippen molar-refractivity contribution in [2.24, 2.45) is 4.99 Å². The Bertz CT molecular complexity index is 1640. The van der Waals surface area contributed by atoms with Gasteiger partial charge in [0.15, 0.2) is 11.6 Å². The topological polar surface area (TPSA) is 89.4 Å². The number of aliphatic hydroxyl groups excluding tert-OH is 1. The molecule has 0 aliphatic carbocycles. The number of carbonyl (C=O) groups excluding carboxylic acids is 1. The zero-order valence-corrected chi connectivity index (χ0v) is 24.8. The molecule has 0 radical (unpaired) electrons. The minimum absolute atomic E-state index is 0.0286. The van der Waals surface area contributed by atoms with E-state index in [1.54, 1.807) is 49.6 Å². The van der Waals surface area contributed by atoms with E-state index in [4.69, 9.17) is 24.3 Å². The minimum Gasteiger partial charge on any atom is -0.497 e. The Morgan fingerprint density at radius 1 is 0.978 bits per heavy atom. The van der Waals surface area contributed by atoms with E-state index in [2.05, 4.69) is 5.32 Å². The molecule has 2 N–H and O–H groups in total. The molecule has 0 saturated heterocycles. The van der Waals surface area contributed by atoms with Gasteiger partial charge in [-0.1, -0.05) is 60.7 Å². The Balaban J connectivity index is 1.55. The van der Waals surface area contributed by atoms with Gasteiger partial charge in [0.05, 0.1) is 13.7 Å². The molecule has 232 valence electrons. The molecule has 0 spiro atoms. The molecule has 7 nitrogen and oxygen atoms in total. The van der Waals surface area contributed by atoms with Crippen molar-refractivity contribution in [1.82, 2.24) is 5.32 Å². The van der Waals surface area contributed by atoms with Crippen LogP contribution in [0.25, 0.3) is 6.08 Å². The molecule has 0 saturated carbocycles. The molecule has 0 fully saturated rings. The molecular weight excluding hydrogens is 578 g/mol. The highest BCUT2D eigenvalue weighted by Crippen LogP contribution is 2.43. The van der Waals surface area contributed by atoms with Gasteiger partial charge in [-0.2, -0.15) is 0 Å². The van der Waals surface area contributed by atoms with Crippen LogP contribution in [-0.4, -0.2) is 42.8 Å². The van der Waals surface area contributed by atoms with E-state index in [1.165, 1.54) is 6.07 Å². The number of nitrogens with one attached hydrogen (secondary N) is 1. The van der Waals surface area contributed by atoms with Gasteiger partial charge in [-0.05, 0) is 59.7 Å². The van der Waals surface area contributed by atoms with E-state index in [9.17, 15) is 13.6 Å². The Morgan fingerprint density at radius 2 is 1.71 bits per heavy atom. The third-order valence-corrected chi connectivity index (χ3v) is 7.45. The van der Waals surface area contributed by atoms with E-state index >= 15 is 0 Å². The maximum atomic E-state index is 14.5. The van der Waals surface area contributed by atoms with Gasteiger partial charge in [-0.3, -0.25) is 4.79 Å². The summed E-state index contributed by atoms with van der Waals surface area (Å²) < 4.78 is 46.6. The molecule has 9 heteroatoms. The summed E-state index contributed by atoms with van der Waals surface area (Å²) in [6.07, 6.45) is 3.44. The van der Waals surface area contributed by atoms with Crippen LogP contribution in [0.2, 0.25) is 0 Å². The van der Waals surface area contributed by atoms with Crippen LogP contribution < -0.4 is 14.8 Å². The highest BCUT2D eigenvalue weighted by molar-refractivity contribution is 6.01. The number of hydrogen-bond donors (Lipinski definition) is 2. The second-order valence-electron chi connectivity index (χ2n) is 10.5. The van der Waals surface area contributed by atoms with Crippen LogP contribution >= 0.6 is 0 Å². The van der Waals surface area contributed by atoms with Crippen LogP contribution in [0.4, 0.5) is 8.78 Å². The molecule has 1 amide bonds. The fourth-order valence-electron chi connectivity index (χ4n) is 5.08. The Morgan fingerprint density at radius 3 is 2.42 bits per heavy atom. The standard InChI is InChI=1S/C36H34F2N2O5/c1-43-29-13-5-12-27(23-29)33-36(20-7-11-25-9-3-2-4-10-25,35(42)39-24-30-31(37)14-6-15-32(30)38)40-34(45-33)26-16-18-28(19-17-26)44-22-8-21-41/h2-7,9-19,23,33,41H,8,20-22,24H2,1H3,(H,39,42)/b11-7+/t33-,36-/m1/s1. The maximum absolute atomic E-state index is 14.5. The number of benzene rings is 4. The summed E-state index contributed by atoms with van der Waals surface area (Å²) in [6.45, 7) is 0.0166. The monoisotopic (exact) mass is 612 g/mol. The van der Waals surface area contributed by atoms with Crippen molar-refractivity contribution in [3.63, 3.8) is 0 Å². The fraction of sp³-hybridized carbons (Fsp3) is 0.222. The Kier molecular flexibility index (Phi) is 10.2. The van der Waals surface area contributed by atoms with Gasteiger partial charge in [-0.25, -0.2) is 13.8 Å². The number of nitrogens with zero attached hydrogens (tertiary/aromatic N) is 1. The summed E-state index contributed by atoms with van der Waals surface area (Å²) in [5, 5.41) is 11.8. The summed E-state index contributed by atoms with van der Waals surface area (Å²) in [7, 11) is 1.55. The summed E-state index contributed by atoms with van der Waals surface area (Å²) in [5.41, 5.74) is 0.375. The first-order valence-corrected chi connectivity index (χ1v) is 14.6. The second kappa shape index (κ2) is 14.6. The van der Waals surface area contributed by atoms with Crippen molar-refractivity contribution in [3.8, 4) is 11.5 Å². The van der Waals surface area contributed by atoms with Crippen LogP contribution in [0.5, 0.6) is 11.5 Å². The molecule has 0 bridgehead atoms. The SMILES string of the molecule is COc1cccc([C@H]2OC(c3ccc(OCCCO)cc3)=N[C@@]2(C/C=C/c2ccccc2)C(=O)NCc2c(F)cccc2F)c1. The maximum Gasteiger partial charge on any atom is 0.252 e. The van der Waals surface area contributed by atoms with Crippen LogP contribution in [-0.2, 0) is 16.1 Å². The molecule has 0 unspecified atom stereocenters. The lowest BCUT2D eigenvalue weighted by Crippen LogP contribution is -2.48. The number of halogens is 2. The average Bonchev–Trinajstić information content (AvgIpc) is 3.46. The highest BCUT2D eigenvalue weighted by atomic mass is 19.1. The number of aliphatic hydroxyl groups is 1. The molecule has 4 aromatic carbocycles. The molecule has 0 aromatic heterocycles. The number of methoxy groups -OCH3 is 1. The average molecular weight is 613 g/mol. The van der Waals surface area contributed by atoms with Gasteiger partial charge >= 0.3 is 0 Å². The van der Waals surface area contributed by atoms with Crippen molar-refractivity contribution in [3.05, 3.63) is 137 Å². The van der Waals surface area contributed by atoms with E-state index in [0.29, 0.717) is 35.7 Å². The highest BCUT2D eigenvalue weighted by Gasteiger charge is 2.52. The van der Waals surface area contributed by atoms with Gasteiger partial charge in [0.1, 0.15) is 23.1 Å². The number of carbonyl (C=O) groups is 1. The van der Waals surface area contributed by atoms with Crippen LogP contribution in [0.15, 0.2) is 108 Å². The normalized spacial score (nSPS) is 17.5. The zero-order chi connectivity index (χ0) is 31.6. The number of amides is 1. The summed E-state index contributed by atoms with van der Waals surface area (Å²) in [5.74, 6) is -0.676. The molecule has 2 atom stereocenters. The van der Waals surface area contributed by atoms with E-state index < -0.39 is 29.2 Å². The van der Waals surface area contributed by atoms with Crippen LogP contribution in [0, 0.1) is 11.6 Å². The van der Waals surface area contributed by atoms with E-state index in [1.807, 2.05) is 48.6 Å². The lowest BCUT2D eigenvalue weighted by Gasteiger charge is -2.30. The first kappa shape index (κ1) is 31.4. The largest absolute Gasteiger partial charge is 0.497 e. The van der Waals surface area contributed by atoms with E-state index in [0.717, 1.165) is 17.7 Å². The molecule has 45 heavy (non-hydrogen) atoms. The molecule has 5 rings (SSSR count). The summed E-state index contributed by atoms with van der Waals surface area (Å²) in [4.78, 5) is 19.2. The number of hydrogen-bond acceptors (Lipinski definition) is 6. The van der Waals surface area contributed by atoms with Gasteiger partial charge in [0, 0.05) is 37.1 Å². The number of ether oxygens (including phenoxy) is 3. The van der Waals surface area contributed by atoms with Crippen molar-refractivity contribution in [1.29, 1.82) is 0 Å². The number of aliphatic imine (C=N–C) groups is 1. The third-order valence-electron chi connectivity index (χ3n) is 7.45. The third kappa shape index (κ3) is 7.38. The fourth-order valence-corrected chi connectivity index (χ4v) is 5.08. The smallest absolute Gasteiger partial charge is 0.252 e. The van der Waals surface area contributed by atoms with Crippen LogP contribution in [0.3, 0.4) is 0 Å². The van der Waals surface area contributed by atoms with Gasteiger partial charge in [0.2, 0.25) is 5.90 Å². The summed E-state index contributed by atoms with van der Waals surface area (Å²) >= 11 is 0. The Hall–Kier alpha value is -5.02. The second-order valence-corrected chi connectivity index (χ2v) is 10.5. The summed E-state index contributed by atoms with van der Waals surface area (Å²) in [6, 6.07) is 27.4. The quantitative estimate of drug-likeness (QED) is 0.170. The molecule has 1 aliphatic rings. The van der Waals surface area contributed by atoms with Crippen LogP contribution in [0.1, 0.15) is 41.2 Å². The lowest BCUT2D eigenvalue weighted by molar-refractivity contribution is -0.129. The van der Waals surface area contributed by atoms with Gasteiger partial charge < -0.3 is 24.6 Å². The molecule has 4 aromatic rings. The first-order valence-electron chi connectivity index (χ1n) is 14.6. The minimum atomic E-state index is -1.55. The molecule has 1 aliphatic heterocycles. The number of rotatable bonds is 13. The molecular formula is C36H34F2N2O5. The van der Waals surface area contributed by atoms with Crippen molar-refractivity contribution in [2.75, 3.05) is 20.3 Å². The van der Waals surface area contributed by atoms with Crippen molar-refractivity contribution in [2.45, 2.75) is 31.0 Å². The predicted octanol–water partition coefficient (Wildman–Crippen LogP) is 6.41. The zero-order valence-electron chi connectivity index (χ0n) is 24.8. The van der Waals surface area contributed by atoms with Gasteiger partial charge in [-0.15, -0.1) is 0 Å². The first-order chi connectivity index (χ1) is 21.9. The van der Waals surface area contributed by atoms with Crippen molar-refractivity contribution >= 4 is 17.9 Å². The van der Waals surface area contributed by atoms with E-state index in [-0.39, 0.29) is 31.0 Å². The lowest BCUT2D eigenvalue weighted by atomic mass is 9.84. The Labute approximate surface area is 260 Å².